The van der Waals surface area contributed by atoms with E-state index < -0.39 is 11.9 Å². The lowest BCUT2D eigenvalue weighted by Crippen LogP contribution is -2.24. The minimum Gasteiger partial charge on any atom is -0.481 e. The lowest BCUT2D eigenvalue weighted by atomic mass is 9.96. The van der Waals surface area contributed by atoms with E-state index >= 15 is 0 Å². The van der Waals surface area contributed by atoms with Gasteiger partial charge in [0.15, 0.2) is 0 Å². The summed E-state index contributed by atoms with van der Waals surface area (Å²) in [5, 5.41) is 12.1. The molecule has 0 aromatic heterocycles. The van der Waals surface area contributed by atoms with E-state index in [1.807, 2.05) is 43.3 Å². The van der Waals surface area contributed by atoms with Crippen molar-refractivity contribution >= 4 is 33.5 Å². The average molecular weight is 376 g/mol. The first kappa shape index (κ1) is 17.2. The van der Waals surface area contributed by atoms with Gasteiger partial charge >= 0.3 is 5.97 Å². The van der Waals surface area contributed by atoms with Gasteiger partial charge < -0.3 is 10.4 Å². The molecule has 2 aromatic carbocycles. The number of carboxylic acids is 1. The highest BCUT2D eigenvalue weighted by Gasteiger charge is 2.21. The fourth-order valence-electron chi connectivity index (χ4n) is 2.25. The van der Waals surface area contributed by atoms with Crippen molar-refractivity contribution in [3.63, 3.8) is 0 Å². The van der Waals surface area contributed by atoms with Crippen LogP contribution in [0.1, 0.15) is 17.5 Å². The molecule has 0 spiro atoms. The van der Waals surface area contributed by atoms with Crippen LogP contribution in [0.5, 0.6) is 0 Å². The summed E-state index contributed by atoms with van der Waals surface area (Å²) in [6.07, 6.45) is 0.275. The van der Waals surface area contributed by atoms with E-state index in [9.17, 15) is 14.7 Å². The molecule has 0 saturated carbocycles. The smallest absolute Gasteiger partial charge is 0.307 e. The molecule has 2 aromatic rings. The Labute approximate surface area is 143 Å². The summed E-state index contributed by atoms with van der Waals surface area (Å²) in [4.78, 5) is 23.5. The molecule has 0 aliphatic carbocycles. The number of anilines is 1. The summed E-state index contributed by atoms with van der Waals surface area (Å²) < 4.78 is 0.898. The Bertz CT molecular complexity index is 701. The van der Waals surface area contributed by atoms with Gasteiger partial charge in [0.2, 0.25) is 5.91 Å². The highest BCUT2D eigenvalue weighted by Crippen LogP contribution is 2.21. The number of aliphatic carboxylic acids is 1. The molecule has 0 saturated heterocycles. The number of carbonyl (C=O) groups excluding carboxylic acids is 1. The second-order valence-electron chi connectivity index (χ2n) is 5.44. The summed E-state index contributed by atoms with van der Waals surface area (Å²) in [5.41, 5.74) is 2.62. The summed E-state index contributed by atoms with van der Waals surface area (Å²) in [6, 6.07) is 14.8. The number of aryl methyl sites for hydroxylation is 1. The molecule has 4 nitrogen and oxygen atoms in total. The van der Waals surface area contributed by atoms with E-state index in [0.29, 0.717) is 12.1 Å². The summed E-state index contributed by atoms with van der Waals surface area (Å²) in [6.45, 7) is 1.95. The maximum Gasteiger partial charge on any atom is 0.307 e. The number of rotatable bonds is 6. The number of amides is 1. The van der Waals surface area contributed by atoms with Crippen LogP contribution >= 0.6 is 15.9 Å². The molecular formula is C18H18BrNO3. The van der Waals surface area contributed by atoms with Crippen molar-refractivity contribution in [3.05, 3.63) is 64.1 Å². The maximum atomic E-state index is 12.1. The van der Waals surface area contributed by atoms with Crippen LogP contribution in [0.2, 0.25) is 0 Å². The number of carboxylic acid groups (broad SMARTS) is 1. The van der Waals surface area contributed by atoms with Gasteiger partial charge in [-0.25, -0.2) is 0 Å². The van der Waals surface area contributed by atoms with Gasteiger partial charge in [0, 0.05) is 16.6 Å². The largest absolute Gasteiger partial charge is 0.481 e. The summed E-state index contributed by atoms with van der Waals surface area (Å²) >= 11 is 3.41. The van der Waals surface area contributed by atoms with Crippen LogP contribution in [-0.2, 0) is 16.0 Å². The molecule has 2 rings (SSSR count). The second kappa shape index (κ2) is 7.92. The van der Waals surface area contributed by atoms with Crippen LogP contribution in [0.25, 0.3) is 0 Å². The molecule has 2 N–H and O–H groups in total. The van der Waals surface area contributed by atoms with E-state index in [-0.39, 0.29) is 12.3 Å². The highest BCUT2D eigenvalue weighted by molar-refractivity contribution is 9.10. The Balaban J connectivity index is 2.00. The van der Waals surface area contributed by atoms with Crippen LogP contribution in [0.3, 0.4) is 0 Å². The molecule has 0 bridgehead atoms. The number of halogens is 1. The van der Waals surface area contributed by atoms with E-state index in [1.54, 1.807) is 12.1 Å². The number of hydrogen-bond acceptors (Lipinski definition) is 2. The normalized spacial score (nSPS) is 11.7. The molecule has 23 heavy (non-hydrogen) atoms. The number of hydrogen-bond donors (Lipinski definition) is 2. The first-order chi connectivity index (χ1) is 11.0. The van der Waals surface area contributed by atoms with E-state index in [1.165, 1.54) is 0 Å². The van der Waals surface area contributed by atoms with Crippen LogP contribution in [0.4, 0.5) is 5.69 Å². The van der Waals surface area contributed by atoms with Crippen molar-refractivity contribution < 1.29 is 14.7 Å². The molecule has 0 fully saturated rings. The Kier molecular flexibility index (Phi) is 5.93. The Morgan fingerprint density at radius 2 is 1.87 bits per heavy atom. The van der Waals surface area contributed by atoms with Gasteiger partial charge in [-0.2, -0.15) is 0 Å². The molecule has 0 heterocycles. The second-order valence-corrected chi connectivity index (χ2v) is 6.30. The predicted octanol–water partition coefficient (Wildman–Crippen LogP) is 4.03. The molecule has 1 amide bonds. The van der Waals surface area contributed by atoms with E-state index in [2.05, 4.69) is 21.2 Å². The molecule has 0 aliphatic rings. The predicted molar refractivity (Wildman–Crippen MR) is 93.4 cm³/mol. The lowest BCUT2D eigenvalue weighted by Gasteiger charge is -2.13. The van der Waals surface area contributed by atoms with E-state index in [4.69, 9.17) is 0 Å². The van der Waals surface area contributed by atoms with Gasteiger partial charge in [0.25, 0.3) is 0 Å². The third kappa shape index (κ3) is 5.21. The minimum atomic E-state index is -0.964. The molecule has 0 unspecified atom stereocenters. The first-order valence-corrected chi connectivity index (χ1v) is 8.07. The van der Waals surface area contributed by atoms with Crippen LogP contribution in [-0.4, -0.2) is 17.0 Å². The van der Waals surface area contributed by atoms with E-state index in [0.717, 1.165) is 15.6 Å². The Hall–Kier alpha value is -2.14. The number of carbonyl (C=O) groups is 2. The zero-order chi connectivity index (χ0) is 16.8. The van der Waals surface area contributed by atoms with Gasteiger partial charge in [0.05, 0.1) is 5.92 Å². The fourth-order valence-corrected chi connectivity index (χ4v) is 2.63. The zero-order valence-corrected chi connectivity index (χ0v) is 14.3. The van der Waals surface area contributed by atoms with Crippen molar-refractivity contribution in [3.8, 4) is 0 Å². The molecule has 0 aliphatic heterocycles. The van der Waals surface area contributed by atoms with Gasteiger partial charge in [-0.05, 0) is 36.6 Å². The van der Waals surface area contributed by atoms with Crippen molar-refractivity contribution in [2.75, 3.05) is 5.32 Å². The van der Waals surface area contributed by atoms with Crippen LogP contribution < -0.4 is 5.32 Å². The first-order valence-electron chi connectivity index (χ1n) is 7.28. The van der Waals surface area contributed by atoms with Gasteiger partial charge in [0.1, 0.15) is 0 Å². The summed E-state index contributed by atoms with van der Waals surface area (Å²) in [5.74, 6) is -2.01. The maximum absolute atomic E-state index is 12.1. The number of nitrogens with one attached hydrogen (secondary N) is 1. The minimum absolute atomic E-state index is 0.0598. The molecule has 0 radical (unpaired) electrons. The molecule has 1 atom stereocenters. The van der Waals surface area contributed by atoms with Gasteiger partial charge in [-0.3, -0.25) is 9.59 Å². The fraction of sp³-hybridized carbons (Fsp3) is 0.222. The monoisotopic (exact) mass is 375 g/mol. The van der Waals surface area contributed by atoms with Crippen molar-refractivity contribution in [1.82, 2.24) is 0 Å². The molecular weight excluding hydrogens is 358 g/mol. The Morgan fingerprint density at radius 1 is 1.17 bits per heavy atom. The highest BCUT2D eigenvalue weighted by atomic mass is 79.9. The third-order valence-corrected chi connectivity index (χ3v) is 4.42. The van der Waals surface area contributed by atoms with Crippen LogP contribution in [0.15, 0.2) is 53.0 Å². The average Bonchev–Trinajstić information content (AvgIpc) is 2.51. The van der Waals surface area contributed by atoms with Crippen molar-refractivity contribution in [2.45, 2.75) is 19.8 Å². The lowest BCUT2D eigenvalue weighted by molar-refractivity contribution is -0.143. The standard InChI is InChI=1S/C18H18BrNO3/c1-12-7-8-15(11-16(12)19)20-17(21)10-14(18(22)23)9-13-5-3-2-4-6-13/h2-8,11,14H,9-10H2,1H3,(H,20,21)(H,22,23)/t14-/m0/s1. The van der Waals surface area contributed by atoms with Gasteiger partial charge in [-0.15, -0.1) is 0 Å². The Morgan fingerprint density at radius 3 is 2.48 bits per heavy atom. The number of benzene rings is 2. The van der Waals surface area contributed by atoms with Gasteiger partial charge in [-0.1, -0.05) is 52.3 Å². The zero-order valence-electron chi connectivity index (χ0n) is 12.8. The van der Waals surface area contributed by atoms with Crippen molar-refractivity contribution in [1.29, 1.82) is 0 Å². The topological polar surface area (TPSA) is 66.4 Å². The summed E-state index contributed by atoms with van der Waals surface area (Å²) in [7, 11) is 0. The van der Waals surface area contributed by atoms with Crippen LogP contribution in [0, 0.1) is 12.8 Å². The quantitative estimate of drug-likeness (QED) is 0.800. The molecule has 120 valence electrons. The SMILES string of the molecule is Cc1ccc(NC(=O)C[C@H](Cc2ccccc2)C(=O)O)cc1Br. The molecule has 5 heteroatoms. The van der Waals surface area contributed by atoms with Crippen molar-refractivity contribution in [2.24, 2.45) is 5.92 Å². The third-order valence-electron chi connectivity index (χ3n) is 3.56.